The number of nitrogens with zero attached hydrogens (tertiary/aromatic N) is 2. The molecule has 0 aliphatic carbocycles. The van der Waals surface area contributed by atoms with Gasteiger partial charge < -0.3 is 10.5 Å². The lowest BCUT2D eigenvalue weighted by Crippen LogP contribution is -2.12. The summed E-state index contributed by atoms with van der Waals surface area (Å²) < 4.78 is 5.62. The van der Waals surface area contributed by atoms with Crippen LogP contribution >= 0.6 is 0 Å². The lowest BCUT2D eigenvalue weighted by Gasteiger charge is -2.17. The molecule has 0 aliphatic heterocycles. The van der Waals surface area contributed by atoms with Crippen molar-refractivity contribution >= 4 is 5.82 Å². The lowest BCUT2D eigenvalue weighted by molar-refractivity contribution is 0.235. The monoisotopic (exact) mass is 237 g/mol. The van der Waals surface area contributed by atoms with Crippen molar-refractivity contribution in [1.29, 1.82) is 0 Å². The Hall–Kier alpha value is -1.32. The molecule has 96 valence electrons. The summed E-state index contributed by atoms with van der Waals surface area (Å²) in [5.41, 5.74) is 5.98. The van der Waals surface area contributed by atoms with Crippen molar-refractivity contribution in [3.05, 3.63) is 11.9 Å². The Bertz CT molecular complexity index is 358. The molecule has 4 nitrogen and oxygen atoms in total. The number of ether oxygens (including phenoxy) is 1. The van der Waals surface area contributed by atoms with Crippen molar-refractivity contribution in [3.63, 3.8) is 0 Å². The minimum absolute atomic E-state index is 0.269. The van der Waals surface area contributed by atoms with Crippen LogP contribution in [0.2, 0.25) is 0 Å². The van der Waals surface area contributed by atoms with Crippen LogP contribution < -0.4 is 10.5 Å². The molecule has 2 N–H and O–H groups in total. The van der Waals surface area contributed by atoms with E-state index >= 15 is 0 Å². The third-order valence-corrected chi connectivity index (χ3v) is 2.34. The van der Waals surface area contributed by atoms with E-state index in [9.17, 15) is 0 Å². The number of hydrogen-bond donors (Lipinski definition) is 1. The lowest BCUT2D eigenvalue weighted by atomic mass is 9.93. The minimum Gasteiger partial charge on any atom is -0.478 e. The largest absolute Gasteiger partial charge is 0.478 e. The third kappa shape index (κ3) is 5.52. The molecule has 1 rings (SSSR count). The van der Waals surface area contributed by atoms with E-state index in [1.165, 1.54) is 0 Å². The molecule has 0 unspecified atom stereocenters. The molecule has 0 bridgehead atoms. The average molecular weight is 237 g/mol. The zero-order chi connectivity index (χ0) is 12.9. The standard InChI is InChI=1S/C13H23N3O/c1-5-6-11-15-10(14)9-12(16-11)17-8-7-13(2,3)4/h9H,5-8H2,1-4H3,(H2,14,15,16). The van der Waals surface area contributed by atoms with Crippen LogP contribution in [0.25, 0.3) is 0 Å². The van der Waals surface area contributed by atoms with E-state index < -0.39 is 0 Å². The summed E-state index contributed by atoms with van der Waals surface area (Å²) in [5, 5.41) is 0. The maximum absolute atomic E-state index is 5.72. The number of hydrogen-bond acceptors (Lipinski definition) is 4. The number of anilines is 1. The molecule has 1 heterocycles. The number of nitrogen functional groups attached to an aromatic ring is 1. The van der Waals surface area contributed by atoms with Crippen molar-refractivity contribution < 1.29 is 4.74 Å². The number of nitrogens with two attached hydrogens (primary N) is 1. The molecule has 17 heavy (non-hydrogen) atoms. The number of aromatic nitrogens is 2. The Morgan fingerprint density at radius 1 is 1.29 bits per heavy atom. The van der Waals surface area contributed by atoms with Crippen LogP contribution in [0.1, 0.15) is 46.4 Å². The maximum atomic E-state index is 5.72. The molecule has 0 saturated heterocycles. The van der Waals surface area contributed by atoms with Crippen molar-refractivity contribution in [1.82, 2.24) is 9.97 Å². The van der Waals surface area contributed by atoms with Crippen LogP contribution in [0.15, 0.2) is 6.07 Å². The van der Waals surface area contributed by atoms with E-state index in [2.05, 4.69) is 37.7 Å². The summed E-state index contributed by atoms with van der Waals surface area (Å²) in [7, 11) is 0. The molecule has 1 aromatic rings. The first-order chi connectivity index (χ1) is 7.90. The molecule has 0 atom stereocenters. The summed E-state index contributed by atoms with van der Waals surface area (Å²) in [6.07, 6.45) is 2.82. The molecule has 0 radical (unpaired) electrons. The SMILES string of the molecule is CCCc1nc(N)cc(OCCC(C)(C)C)n1. The van der Waals surface area contributed by atoms with Crippen molar-refractivity contribution in [2.45, 2.75) is 47.0 Å². The molecule has 0 fully saturated rings. The van der Waals surface area contributed by atoms with Gasteiger partial charge in [-0.2, -0.15) is 4.98 Å². The van der Waals surface area contributed by atoms with Crippen LogP contribution in [0.3, 0.4) is 0 Å². The molecular formula is C13H23N3O. The predicted octanol–water partition coefficient (Wildman–Crippen LogP) is 2.83. The van der Waals surface area contributed by atoms with Gasteiger partial charge in [-0.25, -0.2) is 4.98 Å². The molecule has 0 saturated carbocycles. The highest BCUT2D eigenvalue weighted by molar-refractivity contribution is 5.32. The zero-order valence-electron chi connectivity index (χ0n) is 11.3. The molecule has 1 aromatic heterocycles. The second-order valence-corrected chi connectivity index (χ2v) is 5.46. The van der Waals surface area contributed by atoms with Gasteiger partial charge in [-0.05, 0) is 18.3 Å². The van der Waals surface area contributed by atoms with Gasteiger partial charge in [0.1, 0.15) is 11.6 Å². The van der Waals surface area contributed by atoms with E-state index in [0.29, 0.717) is 18.3 Å². The summed E-state index contributed by atoms with van der Waals surface area (Å²) in [5.74, 6) is 1.83. The Labute approximate surface area is 104 Å². The summed E-state index contributed by atoms with van der Waals surface area (Å²) in [6, 6.07) is 1.68. The molecule has 0 spiro atoms. The van der Waals surface area contributed by atoms with Crippen LogP contribution in [-0.4, -0.2) is 16.6 Å². The maximum Gasteiger partial charge on any atom is 0.218 e. The summed E-state index contributed by atoms with van der Waals surface area (Å²) in [4.78, 5) is 8.50. The van der Waals surface area contributed by atoms with Gasteiger partial charge in [-0.15, -0.1) is 0 Å². The van der Waals surface area contributed by atoms with Gasteiger partial charge in [0.2, 0.25) is 5.88 Å². The topological polar surface area (TPSA) is 61.0 Å². The molecule has 0 aromatic carbocycles. The number of aryl methyl sites for hydroxylation is 1. The van der Waals surface area contributed by atoms with Gasteiger partial charge in [-0.3, -0.25) is 0 Å². The Kier molecular flexibility index (Phi) is 4.73. The van der Waals surface area contributed by atoms with E-state index in [1.54, 1.807) is 6.07 Å². The molecule has 0 amide bonds. The van der Waals surface area contributed by atoms with Crippen molar-refractivity contribution in [3.8, 4) is 5.88 Å². The first kappa shape index (κ1) is 13.7. The average Bonchev–Trinajstić information content (AvgIpc) is 2.15. The van der Waals surface area contributed by atoms with Gasteiger partial charge in [0.05, 0.1) is 6.61 Å². The molecular weight excluding hydrogens is 214 g/mol. The van der Waals surface area contributed by atoms with Crippen molar-refractivity contribution in [2.24, 2.45) is 5.41 Å². The fourth-order valence-corrected chi connectivity index (χ4v) is 1.36. The van der Waals surface area contributed by atoms with E-state index in [0.717, 1.165) is 25.1 Å². The second-order valence-electron chi connectivity index (χ2n) is 5.46. The Morgan fingerprint density at radius 2 is 2.00 bits per heavy atom. The van der Waals surface area contributed by atoms with Gasteiger partial charge in [0, 0.05) is 12.5 Å². The number of rotatable bonds is 5. The summed E-state index contributed by atoms with van der Waals surface area (Å²) >= 11 is 0. The highest BCUT2D eigenvalue weighted by Gasteiger charge is 2.10. The van der Waals surface area contributed by atoms with Gasteiger partial charge in [0.25, 0.3) is 0 Å². The fraction of sp³-hybridized carbons (Fsp3) is 0.692. The second kappa shape index (κ2) is 5.84. The third-order valence-electron chi connectivity index (χ3n) is 2.34. The highest BCUT2D eigenvalue weighted by atomic mass is 16.5. The smallest absolute Gasteiger partial charge is 0.218 e. The van der Waals surface area contributed by atoms with E-state index in [1.807, 2.05) is 0 Å². The van der Waals surface area contributed by atoms with Gasteiger partial charge in [-0.1, -0.05) is 27.7 Å². The predicted molar refractivity (Wildman–Crippen MR) is 70.0 cm³/mol. The summed E-state index contributed by atoms with van der Waals surface area (Å²) in [6.45, 7) is 9.31. The quantitative estimate of drug-likeness (QED) is 0.855. The Balaban J connectivity index is 2.58. The zero-order valence-corrected chi connectivity index (χ0v) is 11.3. The van der Waals surface area contributed by atoms with Crippen LogP contribution in [0.5, 0.6) is 5.88 Å². The first-order valence-corrected chi connectivity index (χ1v) is 6.17. The fourth-order valence-electron chi connectivity index (χ4n) is 1.36. The van der Waals surface area contributed by atoms with Gasteiger partial charge in [0.15, 0.2) is 0 Å². The van der Waals surface area contributed by atoms with Crippen LogP contribution in [0, 0.1) is 5.41 Å². The molecule has 0 aliphatic rings. The van der Waals surface area contributed by atoms with Gasteiger partial charge >= 0.3 is 0 Å². The van der Waals surface area contributed by atoms with Crippen molar-refractivity contribution in [2.75, 3.05) is 12.3 Å². The Morgan fingerprint density at radius 3 is 2.59 bits per heavy atom. The minimum atomic E-state index is 0.269. The highest BCUT2D eigenvalue weighted by Crippen LogP contribution is 2.19. The molecule has 4 heteroatoms. The normalized spacial score (nSPS) is 11.5. The van der Waals surface area contributed by atoms with E-state index in [4.69, 9.17) is 10.5 Å². The van der Waals surface area contributed by atoms with Crippen LogP contribution in [-0.2, 0) is 6.42 Å². The van der Waals surface area contributed by atoms with Crippen LogP contribution in [0.4, 0.5) is 5.82 Å². The first-order valence-electron chi connectivity index (χ1n) is 6.17. The van der Waals surface area contributed by atoms with E-state index in [-0.39, 0.29) is 5.41 Å².